The monoisotopic (exact) mass is 430 g/mol. The summed E-state index contributed by atoms with van der Waals surface area (Å²) in [6.45, 7) is 3.87. The fraction of sp³-hybridized carbons (Fsp3) is 0.364. The van der Waals surface area contributed by atoms with Gasteiger partial charge in [-0.3, -0.25) is 4.79 Å². The third-order valence-corrected chi connectivity index (χ3v) is 7.21. The van der Waals surface area contributed by atoms with Gasteiger partial charge in [-0.25, -0.2) is 4.98 Å². The molecule has 0 unspecified atom stereocenters. The molecule has 1 aliphatic heterocycles. The van der Waals surface area contributed by atoms with Crippen molar-refractivity contribution >= 4 is 40.2 Å². The maximum atomic E-state index is 12.7. The van der Waals surface area contributed by atoms with Crippen LogP contribution in [0.2, 0.25) is 5.02 Å². The second kappa shape index (κ2) is 8.76. The number of aromatic nitrogens is 1. The predicted molar refractivity (Wildman–Crippen MR) is 120 cm³/mol. The van der Waals surface area contributed by atoms with Crippen LogP contribution in [0.25, 0.3) is 21.7 Å². The second-order valence-electron chi connectivity index (χ2n) is 7.12. The van der Waals surface area contributed by atoms with Crippen molar-refractivity contribution in [3.05, 3.63) is 50.6 Å². The number of halogens is 1. The third-order valence-electron chi connectivity index (χ3n) is 5.04. The number of thiophene rings is 1. The minimum absolute atomic E-state index is 0.0880. The molecule has 3 heterocycles. The van der Waals surface area contributed by atoms with Crippen molar-refractivity contribution in [3.63, 3.8) is 0 Å². The highest BCUT2D eigenvalue weighted by atomic mass is 35.5. The third kappa shape index (κ3) is 4.17. The van der Waals surface area contributed by atoms with E-state index in [2.05, 4.69) is 23.8 Å². The second-order valence-corrected chi connectivity index (χ2v) is 9.38. The molecular weight excluding hydrogens is 408 g/mol. The Morgan fingerprint density at radius 1 is 1.14 bits per heavy atom. The van der Waals surface area contributed by atoms with E-state index in [1.165, 1.54) is 11.4 Å². The quantitative estimate of drug-likeness (QED) is 0.447. The van der Waals surface area contributed by atoms with Gasteiger partial charge in [0, 0.05) is 34.6 Å². The van der Waals surface area contributed by atoms with E-state index in [1.54, 1.807) is 22.7 Å². The zero-order chi connectivity index (χ0) is 19.5. The zero-order valence-corrected chi connectivity index (χ0v) is 18.3. The van der Waals surface area contributed by atoms with E-state index in [-0.39, 0.29) is 5.91 Å². The smallest absolute Gasteiger partial charge is 0.253 e. The van der Waals surface area contributed by atoms with Crippen LogP contribution in [0.5, 0.6) is 0 Å². The number of amides is 1. The molecule has 1 aliphatic rings. The summed E-state index contributed by atoms with van der Waals surface area (Å²) in [7, 11) is 0. The van der Waals surface area contributed by atoms with E-state index in [0.717, 1.165) is 60.5 Å². The first-order valence-corrected chi connectivity index (χ1v) is 11.9. The van der Waals surface area contributed by atoms with Crippen molar-refractivity contribution < 1.29 is 4.79 Å². The van der Waals surface area contributed by atoms with E-state index in [9.17, 15) is 4.79 Å². The Kier molecular flexibility index (Phi) is 6.14. The van der Waals surface area contributed by atoms with Crippen molar-refractivity contribution in [3.8, 4) is 21.7 Å². The Morgan fingerprint density at radius 2 is 1.96 bits per heavy atom. The standard InChI is InChI=1S/C22H23ClN2OS2/c1-2-6-21-24-19(14-28-21)20-12-16(13-27-20)17-8-7-15(11-18(17)23)22(26)25-9-4-3-5-10-25/h7-8,11-14H,2-6,9-10H2,1H3. The lowest BCUT2D eigenvalue weighted by atomic mass is 10.0. The molecule has 1 aromatic carbocycles. The molecule has 6 heteroatoms. The number of rotatable bonds is 5. The van der Waals surface area contributed by atoms with Gasteiger partial charge in [0.2, 0.25) is 0 Å². The van der Waals surface area contributed by atoms with Crippen LogP contribution in [-0.2, 0) is 6.42 Å². The summed E-state index contributed by atoms with van der Waals surface area (Å²) in [5.74, 6) is 0.0880. The fourth-order valence-corrected chi connectivity index (χ4v) is 5.66. The van der Waals surface area contributed by atoms with E-state index in [1.807, 2.05) is 23.1 Å². The first-order chi connectivity index (χ1) is 13.7. The number of carbonyl (C=O) groups excluding carboxylic acids is 1. The minimum atomic E-state index is 0.0880. The van der Waals surface area contributed by atoms with E-state index >= 15 is 0 Å². The number of benzene rings is 1. The van der Waals surface area contributed by atoms with Gasteiger partial charge < -0.3 is 4.90 Å². The first kappa shape index (κ1) is 19.6. The Balaban J connectivity index is 1.54. The SMILES string of the molecule is CCCc1nc(-c2cc(-c3ccc(C(=O)N4CCCCC4)cc3Cl)cs2)cs1. The van der Waals surface area contributed by atoms with Crippen LogP contribution in [0.4, 0.5) is 0 Å². The van der Waals surface area contributed by atoms with Crippen molar-refractivity contribution in [2.75, 3.05) is 13.1 Å². The number of hydrogen-bond donors (Lipinski definition) is 0. The van der Waals surface area contributed by atoms with Crippen LogP contribution in [0.1, 0.15) is 48.0 Å². The molecule has 0 bridgehead atoms. The summed E-state index contributed by atoms with van der Waals surface area (Å²) in [4.78, 5) is 20.5. The number of carbonyl (C=O) groups is 1. The van der Waals surface area contributed by atoms with Gasteiger partial charge in [-0.05, 0) is 61.2 Å². The van der Waals surface area contributed by atoms with E-state index in [0.29, 0.717) is 10.6 Å². The summed E-state index contributed by atoms with van der Waals surface area (Å²) < 4.78 is 0. The van der Waals surface area contributed by atoms with Crippen LogP contribution in [0, 0.1) is 0 Å². The van der Waals surface area contributed by atoms with Gasteiger partial charge in [-0.15, -0.1) is 22.7 Å². The maximum absolute atomic E-state index is 12.7. The Morgan fingerprint density at radius 3 is 2.71 bits per heavy atom. The highest BCUT2D eigenvalue weighted by Crippen LogP contribution is 2.36. The Hall–Kier alpha value is -1.69. The highest BCUT2D eigenvalue weighted by molar-refractivity contribution is 7.14. The molecule has 2 aromatic heterocycles. The van der Waals surface area contributed by atoms with Crippen LogP contribution in [0.3, 0.4) is 0 Å². The van der Waals surface area contributed by atoms with Crippen LogP contribution < -0.4 is 0 Å². The predicted octanol–water partition coefficient (Wildman–Crippen LogP) is 6.77. The van der Waals surface area contributed by atoms with Crippen molar-refractivity contribution in [1.29, 1.82) is 0 Å². The van der Waals surface area contributed by atoms with Gasteiger partial charge in [-0.1, -0.05) is 24.6 Å². The first-order valence-electron chi connectivity index (χ1n) is 9.78. The lowest BCUT2D eigenvalue weighted by molar-refractivity contribution is 0.0724. The molecule has 3 aromatic rings. The molecule has 0 N–H and O–H groups in total. The average Bonchev–Trinajstić information content (AvgIpc) is 3.38. The lowest BCUT2D eigenvalue weighted by Gasteiger charge is -2.26. The average molecular weight is 431 g/mol. The van der Waals surface area contributed by atoms with Gasteiger partial charge in [0.1, 0.15) is 0 Å². The molecule has 4 rings (SSSR count). The molecule has 146 valence electrons. The Labute approximate surface area is 179 Å². The topological polar surface area (TPSA) is 33.2 Å². The fourth-order valence-electron chi connectivity index (χ4n) is 3.53. The number of piperidine rings is 1. The molecule has 1 amide bonds. The van der Waals surface area contributed by atoms with Gasteiger partial charge >= 0.3 is 0 Å². The molecule has 0 radical (unpaired) electrons. The number of likely N-dealkylation sites (tertiary alicyclic amines) is 1. The normalized spacial score (nSPS) is 14.4. The minimum Gasteiger partial charge on any atom is -0.339 e. The van der Waals surface area contributed by atoms with Crippen molar-refractivity contribution in [1.82, 2.24) is 9.88 Å². The summed E-state index contributed by atoms with van der Waals surface area (Å²) >= 11 is 9.97. The number of nitrogens with zero attached hydrogens (tertiary/aromatic N) is 2. The van der Waals surface area contributed by atoms with Gasteiger partial charge in [0.05, 0.1) is 15.6 Å². The number of thiazole rings is 1. The number of hydrogen-bond acceptors (Lipinski definition) is 4. The summed E-state index contributed by atoms with van der Waals surface area (Å²) in [6.07, 6.45) is 5.53. The van der Waals surface area contributed by atoms with Crippen LogP contribution in [-0.4, -0.2) is 28.9 Å². The van der Waals surface area contributed by atoms with E-state index < -0.39 is 0 Å². The van der Waals surface area contributed by atoms with Crippen molar-refractivity contribution in [2.45, 2.75) is 39.0 Å². The van der Waals surface area contributed by atoms with Gasteiger partial charge in [0.15, 0.2) is 0 Å². The molecule has 0 spiro atoms. The van der Waals surface area contributed by atoms with Crippen LogP contribution in [0.15, 0.2) is 35.0 Å². The van der Waals surface area contributed by atoms with Gasteiger partial charge in [0.25, 0.3) is 5.91 Å². The molecule has 3 nitrogen and oxygen atoms in total. The molecule has 0 saturated carbocycles. The molecule has 28 heavy (non-hydrogen) atoms. The van der Waals surface area contributed by atoms with E-state index in [4.69, 9.17) is 16.6 Å². The van der Waals surface area contributed by atoms with Crippen LogP contribution >= 0.6 is 34.3 Å². The lowest BCUT2D eigenvalue weighted by Crippen LogP contribution is -2.35. The molecule has 0 atom stereocenters. The summed E-state index contributed by atoms with van der Waals surface area (Å²) in [6, 6.07) is 7.82. The maximum Gasteiger partial charge on any atom is 0.253 e. The largest absolute Gasteiger partial charge is 0.339 e. The molecule has 1 fully saturated rings. The molecular formula is C22H23ClN2OS2. The summed E-state index contributed by atoms with van der Waals surface area (Å²) in [5, 5.41) is 6.05. The van der Waals surface area contributed by atoms with Crippen molar-refractivity contribution in [2.24, 2.45) is 0 Å². The molecule has 0 aliphatic carbocycles. The highest BCUT2D eigenvalue weighted by Gasteiger charge is 2.19. The summed E-state index contributed by atoms with van der Waals surface area (Å²) in [5.41, 5.74) is 3.75. The number of aryl methyl sites for hydroxylation is 1. The molecule has 1 saturated heterocycles. The Bertz CT molecular complexity index is 973. The zero-order valence-electron chi connectivity index (χ0n) is 15.9. The van der Waals surface area contributed by atoms with Gasteiger partial charge in [-0.2, -0.15) is 0 Å².